The summed E-state index contributed by atoms with van der Waals surface area (Å²) < 4.78 is 19.3. The Morgan fingerprint density at radius 1 is 1.17 bits per heavy atom. The molecule has 1 rings (SSSR count). The SMILES string of the molecule is O=S(O)c1ccc(Cl)c(Cl)c1Cl. The van der Waals surface area contributed by atoms with E-state index in [4.69, 9.17) is 39.4 Å². The van der Waals surface area contributed by atoms with Gasteiger partial charge in [-0.3, -0.25) is 0 Å². The molecule has 0 saturated carbocycles. The fraction of sp³-hybridized carbons (Fsp3) is 0. The Bertz CT molecular complexity index is 340. The molecule has 0 bridgehead atoms. The van der Waals surface area contributed by atoms with Gasteiger partial charge < -0.3 is 4.55 Å². The maximum atomic E-state index is 10.6. The zero-order valence-corrected chi connectivity index (χ0v) is 8.64. The Morgan fingerprint density at radius 2 is 1.75 bits per heavy atom. The monoisotopic (exact) mass is 244 g/mol. The lowest BCUT2D eigenvalue weighted by Crippen LogP contribution is -1.89. The summed E-state index contributed by atoms with van der Waals surface area (Å²) in [6.45, 7) is 0. The summed E-state index contributed by atoms with van der Waals surface area (Å²) in [6.07, 6.45) is 0. The molecule has 0 saturated heterocycles. The molecule has 1 aromatic rings. The molecule has 1 atom stereocenters. The summed E-state index contributed by atoms with van der Waals surface area (Å²) in [4.78, 5) is 0.0612. The van der Waals surface area contributed by atoms with Crippen molar-refractivity contribution in [2.45, 2.75) is 4.90 Å². The average Bonchev–Trinajstić information content (AvgIpc) is 2.00. The van der Waals surface area contributed by atoms with Gasteiger partial charge in [-0.05, 0) is 12.1 Å². The number of benzene rings is 1. The first-order chi connectivity index (χ1) is 5.54. The third kappa shape index (κ3) is 1.92. The van der Waals surface area contributed by atoms with Crippen molar-refractivity contribution in [3.8, 4) is 0 Å². The molecule has 0 radical (unpaired) electrons. The van der Waals surface area contributed by atoms with Gasteiger partial charge in [-0.15, -0.1) is 0 Å². The van der Waals surface area contributed by atoms with Crippen molar-refractivity contribution in [3.63, 3.8) is 0 Å². The van der Waals surface area contributed by atoms with Crippen LogP contribution in [0.1, 0.15) is 0 Å². The molecule has 6 heteroatoms. The molecular formula is C6H3Cl3O2S. The van der Waals surface area contributed by atoms with Gasteiger partial charge in [0.25, 0.3) is 0 Å². The minimum atomic E-state index is -2.13. The molecule has 1 unspecified atom stereocenters. The lowest BCUT2D eigenvalue weighted by molar-refractivity contribution is 0.564. The van der Waals surface area contributed by atoms with E-state index in [-0.39, 0.29) is 20.0 Å². The van der Waals surface area contributed by atoms with Gasteiger partial charge in [0.2, 0.25) is 0 Å². The molecule has 66 valence electrons. The Labute approximate surface area is 86.7 Å². The van der Waals surface area contributed by atoms with Gasteiger partial charge >= 0.3 is 0 Å². The Kier molecular flexibility index (Phi) is 3.37. The molecular weight excluding hydrogens is 242 g/mol. The normalized spacial score (nSPS) is 13.0. The first-order valence-electron chi connectivity index (χ1n) is 2.78. The molecule has 0 heterocycles. The predicted molar refractivity (Wildman–Crippen MR) is 50.5 cm³/mol. The molecule has 0 aliphatic carbocycles. The van der Waals surface area contributed by atoms with E-state index >= 15 is 0 Å². The van der Waals surface area contributed by atoms with Gasteiger partial charge in [-0.25, -0.2) is 4.21 Å². The minimum absolute atomic E-state index is 0.0185. The van der Waals surface area contributed by atoms with E-state index in [0.29, 0.717) is 0 Å². The summed E-state index contributed by atoms with van der Waals surface area (Å²) in [5, 5.41) is 0.374. The summed E-state index contributed by atoms with van der Waals surface area (Å²) in [7, 11) is 0. The predicted octanol–water partition coefficient (Wildman–Crippen LogP) is 3.23. The van der Waals surface area contributed by atoms with Gasteiger partial charge in [-0.1, -0.05) is 34.8 Å². The lowest BCUT2D eigenvalue weighted by Gasteiger charge is -2.02. The molecule has 0 spiro atoms. The van der Waals surface area contributed by atoms with Gasteiger partial charge in [-0.2, -0.15) is 0 Å². The highest BCUT2D eigenvalue weighted by molar-refractivity contribution is 7.79. The highest BCUT2D eigenvalue weighted by Crippen LogP contribution is 2.33. The smallest absolute Gasteiger partial charge is 0.188 e. The molecule has 0 aromatic heterocycles. The zero-order chi connectivity index (χ0) is 9.30. The molecule has 1 N–H and O–H groups in total. The topological polar surface area (TPSA) is 37.3 Å². The average molecular weight is 246 g/mol. The van der Waals surface area contributed by atoms with Crippen LogP contribution >= 0.6 is 34.8 Å². The first-order valence-corrected chi connectivity index (χ1v) is 5.02. The third-order valence-electron chi connectivity index (χ3n) is 1.19. The van der Waals surface area contributed by atoms with E-state index in [1.54, 1.807) is 0 Å². The minimum Gasteiger partial charge on any atom is -0.302 e. The second-order valence-electron chi connectivity index (χ2n) is 1.92. The molecule has 0 amide bonds. The van der Waals surface area contributed by atoms with Gasteiger partial charge in [0.05, 0.1) is 20.0 Å². The number of hydrogen-bond acceptors (Lipinski definition) is 1. The molecule has 0 aliphatic heterocycles. The van der Waals surface area contributed by atoms with Crippen LogP contribution in [0, 0.1) is 0 Å². The number of hydrogen-bond donors (Lipinski definition) is 1. The fourth-order valence-corrected chi connectivity index (χ4v) is 1.87. The third-order valence-corrected chi connectivity index (χ3v) is 3.31. The molecule has 2 nitrogen and oxygen atoms in total. The summed E-state index contributed by atoms with van der Waals surface area (Å²) in [5.41, 5.74) is 0. The van der Waals surface area contributed by atoms with Crippen LogP contribution in [0.5, 0.6) is 0 Å². The van der Waals surface area contributed by atoms with Crippen molar-refractivity contribution in [3.05, 3.63) is 27.2 Å². The van der Waals surface area contributed by atoms with E-state index < -0.39 is 11.1 Å². The largest absolute Gasteiger partial charge is 0.302 e. The van der Waals surface area contributed by atoms with Crippen molar-refractivity contribution in [2.24, 2.45) is 0 Å². The van der Waals surface area contributed by atoms with E-state index in [1.165, 1.54) is 12.1 Å². The van der Waals surface area contributed by atoms with Gasteiger partial charge in [0.15, 0.2) is 11.1 Å². The maximum absolute atomic E-state index is 10.6. The van der Waals surface area contributed by atoms with Crippen molar-refractivity contribution in [1.29, 1.82) is 0 Å². The molecule has 0 fully saturated rings. The van der Waals surface area contributed by atoms with Crippen LogP contribution in [0.25, 0.3) is 0 Å². The molecule has 1 aromatic carbocycles. The van der Waals surface area contributed by atoms with Crippen LogP contribution in [0.4, 0.5) is 0 Å². The lowest BCUT2D eigenvalue weighted by atomic mass is 10.4. The Balaban J connectivity index is 3.36. The highest BCUT2D eigenvalue weighted by Gasteiger charge is 2.11. The van der Waals surface area contributed by atoms with Crippen molar-refractivity contribution < 1.29 is 8.76 Å². The standard InChI is InChI=1S/C6H3Cl3O2S/c7-3-1-2-4(12(10)11)6(9)5(3)8/h1-2H,(H,10,11). The summed E-state index contributed by atoms with van der Waals surface area (Å²) in [5.74, 6) is 0. The van der Waals surface area contributed by atoms with Crippen molar-refractivity contribution >= 4 is 45.9 Å². The maximum Gasteiger partial charge on any atom is 0.188 e. The van der Waals surface area contributed by atoms with Crippen LogP contribution < -0.4 is 0 Å². The van der Waals surface area contributed by atoms with Crippen LogP contribution in [-0.4, -0.2) is 8.76 Å². The van der Waals surface area contributed by atoms with E-state index in [2.05, 4.69) is 0 Å². The summed E-state index contributed by atoms with van der Waals surface area (Å²) >= 11 is 14.7. The molecule has 12 heavy (non-hydrogen) atoms. The van der Waals surface area contributed by atoms with Crippen LogP contribution in [0.15, 0.2) is 17.0 Å². The Morgan fingerprint density at radius 3 is 2.25 bits per heavy atom. The number of halogens is 3. The van der Waals surface area contributed by atoms with Crippen molar-refractivity contribution in [1.82, 2.24) is 0 Å². The van der Waals surface area contributed by atoms with Gasteiger partial charge in [0.1, 0.15) is 0 Å². The van der Waals surface area contributed by atoms with Crippen LogP contribution in [0.2, 0.25) is 15.1 Å². The zero-order valence-electron chi connectivity index (χ0n) is 5.55. The van der Waals surface area contributed by atoms with Gasteiger partial charge in [0, 0.05) is 0 Å². The van der Waals surface area contributed by atoms with E-state index in [0.717, 1.165) is 0 Å². The van der Waals surface area contributed by atoms with Crippen LogP contribution in [-0.2, 0) is 11.1 Å². The second kappa shape index (κ2) is 3.94. The highest BCUT2D eigenvalue weighted by atomic mass is 35.5. The molecule has 0 aliphatic rings. The van der Waals surface area contributed by atoms with E-state index in [1.807, 2.05) is 0 Å². The first kappa shape index (κ1) is 10.3. The number of rotatable bonds is 1. The van der Waals surface area contributed by atoms with E-state index in [9.17, 15) is 4.21 Å². The summed E-state index contributed by atoms with van der Waals surface area (Å²) in [6, 6.07) is 2.77. The van der Waals surface area contributed by atoms with Crippen LogP contribution in [0.3, 0.4) is 0 Å². The second-order valence-corrected chi connectivity index (χ2v) is 4.02. The fourth-order valence-electron chi connectivity index (χ4n) is 0.643. The Hall–Kier alpha value is 0.200. The quantitative estimate of drug-likeness (QED) is 0.609. The van der Waals surface area contributed by atoms with Crippen molar-refractivity contribution in [2.75, 3.05) is 0 Å².